The molecule has 0 saturated heterocycles. The van der Waals surface area contributed by atoms with Crippen molar-refractivity contribution in [2.75, 3.05) is 19.0 Å². The Morgan fingerprint density at radius 1 is 1.39 bits per heavy atom. The molecule has 1 rings (SSSR count). The molecule has 6 heteroatoms. The lowest BCUT2D eigenvalue weighted by molar-refractivity contribution is 0.0594. The molecule has 0 aliphatic carbocycles. The quantitative estimate of drug-likeness (QED) is 0.810. The molecular formula is C12H16F2N2O2. The Labute approximate surface area is 104 Å². The minimum Gasteiger partial charge on any atom is -0.465 e. The van der Waals surface area contributed by atoms with Crippen LogP contribution in [0.4, 0.5) is 14.5 Å². The van der Waals surface area contributed by atoms with Crippen molar-refractivity contribution in [2.24, 2.45) is 5.73 Å². The van der Waals surface area contributed by atoms with Crippen LogP contribution in [-0.2, 0) is 4.74 Å². The van der Waals surface area contributed by atoms with Crippen LogP contribution in [0.15, 0.2) is 12.1 Å². The zero-order valence-electron chi connectivity index (χ0n) is 10.5. The van der Waals surface area contributed by atoms with Gasteiger partial charge < -0.3 is 15.8 Å². The predicted molar refractivity (Wildman–Crippen MR) is 64.5 cm³/mol. The number of carbonyl (C=O) groups is 1. The monoisotopic (exact) mass is 258 g/mol. The number of methoxy groups -OCH3 is 1. The fraction of sp³-hybridized carbons (Fsp3) is 0.417. The molecule has 0 aliphatic heterocycles. The number of benzene rings is 1. The summed E-state index contributed by atoms with van der Waals surface area (Å²) in [5.41, 5.74) is 4.42. The Balaban J connectivity index is 3.12. The Morgan fingerprint density at radius 3 is 2.50 bits per heavy atom. The fourth-order valence-corrected chi connectivity index (χ4v) is 1.33. The molecule has 0 saturated carbocycles. The molecule has 18 heavy (non-hydrogen) atoms. The molecule has 1 aromatic carbocycles. The van der Waals surface area contributed by atoms with Gasteiger partial charge in [0.15, 0.2) is 11.6 Å². The highest BCUT2D eigenvalue weighted by atomic mass is 19.2. The summed E-state index contributed by atoms with van der Waals surface area (Å²) in [6, 6.07) is 2.45. The van der Waals surface area contributed by atoms with Crippen LogP contribution in [0.25, 0.3) is 0 Å². The largest absolute Gasteiger partial charge is 0.465 e. The van der Waals surface area contributed by atoms with Crippen LogP contribution in [0.2, 0.25) is 0 Å². The van der Waals surface area contributed by atoms with Gasteiger partial charge in [0.05, 0.1) is 18.4 Å². The highest BCUT2D eigenvalue weighted by Gasteiger charge is 2.22. The summed E-state index contributed by atoms with van der Waals surface area (Å²) in [6.45, 7) is 3.74. The first-order valence-corrected chi connectivity index (χ1v) is 5.37. The van der Waals surface area contributed by atoms with Crippen LogP contribution < -0.4 is 11.1 Å². The summed E-state index contributed by atoms with van der Waals surface area (Å²) in [4.78, 5) is 11.2. The smallest absolute Gasteiger partial charge is 0.340 e. The number of hydrogen-bond acceptors (Lipinski definition) is 4. The van der Waals surface area contributed by atoms with Crippen LogP contribution in [0, 0.1) is 11.6 Å². The predicted octanol–water partition coefficient (Wildman–Crippen LogP) is 1.90. The lowest BCUT2D eigenvalue weighted by Gasteiger charge is -2.26. The van der Waals surface area contributed by atoms with Crippen molar-refractivity contribution in [1.82, 2.24) is 0 Å². The van der Waals surface area contributed by atoms with Gasteiger partial charge in [-0.3, -0.25) is 0 Å². The summed E-state index contributed by atoms with van der Waals surface area (Å²) in [5.74, 6) is -3.28. The normalized spacial score (nSPS) is 11.2. The second-order valence-corrected chi connectivity index (χ2v) is 4.49. The number of nitrogens with one attached hydrogen (secondary N) is 1. The molecular weight excluding hydrogens is 242 g/mol. The van der Waals surface area contributed by atoms with Gasteiger partial charge in [-0.1, -0.05) is 0 Å². The van der Waals surface area contributed by atoms with Crippen LogP contribution in [0.3, 0.4) is 0 Å². The molecule has 4 nitrogen and oxygen atoms in total. The maximum Gasteiger partial charge on any atom is 0.340 e. The summed E-state index contributed by atoms with van der Waals surface area (Å²) < 4.78 is 31.7. The van der Waals surface area contributed by atoms with Crippen LogP contribution in [0.1, 0.15) is 24.2 Å². The molecule has 0 aliphatic rings. The van der Waals surface area contributed by atoms with Crippen molar-refractivity contribution in [3.63, 3.8) is 0 Å². The number of esters is 1. The van der Waals surface area contributed by atoms with E-state index in [2.05, 4.69) is 10.1 Å². The van der Waals surface area contributed by atoms with E-state index in [4.69, 9.17) is 5.73 Å². The molecule has 0 spiro atoms. The van der Waals surface area contributed by atoms with Crippen molar-refractivity contribution in [3.05, 3.63) is 29.3 Å². The van der Waals surface area contributed by atoms with Gasteiger partial charge in [-0.25, -0.2) is 13.6 Å². The highest BCUT2D eigenvalue weighted by Crippen LogP contribution is 2.23. The zero-order valence-corrected chi connectivity index (χ0v) is 10.5. The molecule has 0 radical (unpaired) electrons. The molecule has 0 amide bonds. The minimum absolute atomic E-state index is 0.0457. The second kappa shape index (κ2) is 5.30. The first-order chi connectivity index (χ1) is 8.32. The summed E-state index contributed by atoms with van der Waals surface area (Å²) >= 11 is 0. The molecule has 0 atom stereocenters. The van der Waals surface area contributed by atoms with Gasteiger partial charge >= 0.3 is 5.97 Å². The maximum atomic E-state index is 13.7. The van der Waals surface area contributed by atoms with Crippen LogP contribution in [0.5, 0.6) is 0 Å². The third kappa shape index (κ3) is 2.95. The Kier molecular flexibility index (Phi) is 4.24. The Morgan fingerprint density at radius 2 is 2.00 bits per heavy atom. The van der Waals surface area contributed by atoms with E-state index in [1.165, 1.54) is 12.1 Å². The fourth-order valence-electron chi connectivity index (χ4n) is 1.33. The number of carbonyl (C=O) groups excluding carboxylic acids is 1. The van der Waals surface area contributed by atoms with Gasteiger partial charge in [0, 0.05) is 12.1 Å². The van der Waals surface area contributed by atoms with E-state index >= 15 is 0 Å². The third-order valence-corrected chi connectivity index (χ3v) is 2.47. The number of anilines is 1. The van der Waals surface area contributed by atoms with Gasteiger partial charge in [-0.15, -0.1) is 0 Å². The van der Waals surface area contributed by atoms with Crippen molar-refractivity contribution < 1.29 is 18.3 Å². The summed E-state index contributed by atoms with van der Waals surface area (Å²) in [5, 5.41) is 2.77. The van der Waals surface area contributed by atoms with Crippen LogP contribution in [-0.4, -0.2) is 25.2 Å². The van der Waals surface area contributed by atoms with E-state index in [0.717, 1.165) is 7.11 Å². The van der Waals surface area contributed by atoms with Crippen molar-refractivity contribution in [2.45, 2.75) is 19.4 Å². The average Bonchev–Trinajstić information content (AvgIpc) is 2.34. The SMILES string of the molecule is COC(=O)c1ccc(NC(C)(C)CN)c(F)c1F. The first-order valence-electron chi connectivity index (χ1n) is 5.37. The molecule has 0 fully saturated rings. The standard InChI is InChI=1S/C12H16F2N2O2/c1-12(2,6-15)16-8-5-4-7(11(17)18-3)9(13)10(8)14/h4-5,16H,6,15H2,1-3H3. The molecule has 100 valence electrons. The van der Waals surface area contributed by atoms with Gasteiger partial charge in [0.1, 0.15) is 0 Å². The van der Waals surface area contributed by atoms with Crippen LogP contribution >= 0.6 is 0 Å². The second-order valence-electron chi connectivity index (χ2n) is 4.49. The van der Waals surface area contributed by atoms with Crippen molar-refractivity contribution in [1.29, 1.82) is 0 Å². The van der Waals surface area contributed by atoms with E-state index < -0.39 is 28.7 Å². The number of rotatable bonds is 4. The van der Waals surface area contributed by atoms with E-state index in [9.17, 15) is 13.6 Å². The topological polar surface area (TPSA) is 64.3 Å². The number of nitrogens with two attached hydrogens (primary N) is 1. The summed E-state index contributed by atoms with van der Waals surface area (Å²) in [6.07, 6.45) is 0. The van der Waals surface area contributed by atoms with Gasteiger partial charge in [0.2, 0.25) is 0 Å². The van der Waals surface area contributed by atoms with Crippen molar-refractivity contribution in [3.8, 4) is 0 Å². The Bertz CT molecular complexity index is 462. The number of hydrogen-bond donors (Lipinski definition) is 2. The summed E-state index contributed by atoms with van der Waals surface area (Å²) in [7, 11) is 1.10. The molecule has 1 aromatic rings. The Hall–Kier alpha value is -1.69. The number of ether oxygens (including phenoxy) is 1. The lowest BCUT2D eigenvalue weighted by atomic mass is 10.0. The van der Waals surface area contributed by atoms with Gasteiger partial charge in [0.25, 0.3) is 0 Å². The third-order valence-electron chi connectivity index (χ3n) is 2.47. The highest BCUT2D eigenvalue weighted by molar-refractivity contribution is 5.90. The zero-order chi connectivity index (χ0) is 13.9. The van der Waals surface area contributed by atoms with Gasteiger partial charge in [-0.2, -0.15) is 0 Å². The van der Waals surface area contributed by atoms with E-state index in [-0.39, 0.29) is 12.2 Å². The molecule has 3 N–H and O–H groups in total. The van der Waals surface area contributed by atoms with Crippen molar-refractivity contribution >= 4 is 11.7 Å². The molecule has 0 unspecified atom stereocenters. The average molecular weight is 258 g/mol. The van der Waals surface area contributed by atoms with E-state index in [0.29, 0.717) is 0 Å². The minimum atomic E-state index is -1.24. The molecule has 0 aromatic heterocycles. The lowest BCUT2D eigenvalue weighted by Crippen LogP contribution is -2.39. The van der Waals surface area contributed by atoms with E-state index in [1.807, 2.05) is 0 Å². The number of halogens is 2. The van der Waals surface area contributed by atoms with Gasteiger partial charge in [-0.05, 0) is 26.0 Å². The molecule has 0 heterocycles. The maximum absolute atomic E-state index is 13.7. The van der Waals surface area contributed by atoms with E-state index in [1.54, 1.807) is 13.8 Å². The molecule has 0 bridgehead atoms. The first kappa shape index (κ1) is 14.4.